The van der Waals surface area contributed by atoms with Gasteiger partial charge in [-0.3, -0.25) is 10.1 Å². The van der Waals surface area contributed by atoms with E-state index in [1.807, 2.05) is 11.4 Å². The number of hydrogen-bond acceptors (Lipinski definition) is 6. The van der Waals surface area contributed by atoms with Crippen molar-refractivity contribution in [2.75, 3.05) is 5.32 Å². The Bertz CT molecular complexity index is 886. The monoisotopic (exact) mass is 434 g/mol. The minimum Gasteiger partial charge on any atom is -0.386 e. The Morgan fingerprint density at radius 1 is 1.34 bits per heavy atom. The second-order valence-electron chi connectivity index (χ2n) is 8.22. The van der Waals surface area contributed by atoms with Crippen LogP contribution in [-0.4, -0.2) is 16.1 Å². The van der Waals surface area contributed by atoms with Gasteiger partial charge < -0.3 is 16.2 Å². The van der Waals surface area contributed by atoms with Crippen molar-refractivity contribution in [1.29, 1.82) is 0 Å². The summed E-state index contributed by atoms with van der Waals surface area (Å²) in [6, 6.07) is 1.44. The number of fused-ring (bicyclic) bond motifs is 1. The van der Waals surface area contributed by atoms with Crippen LogP contribution in [0.2, 0.25) is 0 Å². The lowest BCUT2D eigenvalue weighted by molar-refractivity contribution is 0.0789. The molecule has 6 nitrogen and oxygen atoms in total. The molecule has 0 aliphatic heterocycles. The summed E-state index contributed by atoms with van der Waals surface area (Å²) in [5.41, 5.74) is 11.1. The highest BCUT2D eigenvalue weighted by atomic mass is 32.2. The third kappa shape index (κ3) is 5.12. The molecule has 8 heteroatoms. The molecule has 2 aliphatic rings. The largest absolute Gasteiger partial charge is 0.386 e. The zero-order chi connectivity index (χ0) is 21.2. The Kier molecular flexibility index (Phi) is 6.88. The van der Waals surface area contributed by atoms with Gasteiger partial charge in [0.1, 0.15) is 0 Å². The van der Waals surface area contributed by atoms with Crippen LogP contribution in [0.15, 0.2) is 15.7 Å². The lowest BCUT2D eigenvalue weighted by Crippen LogP contribution is -2.23. The van der Waals surface area contributed by atoms with E-state index in [2.05, 4.69) is 12.2 Å². The predicted octanol–water partition coefficient (Wildman–Crippen LogP) is 4.58. The van der Waals surface area contributed by atoms with E-state index in [9.17, 15) is 9.90 Å². The molecule has 2 aromatic rings. The van der Waals surface area contributed by atoms with E-state index in [1.54, 1.807) is 25.2 Å². The van der Waals surface area contributed by atoms with Gasteiger partial charge in [-0.2, -0.15) is 0 Å². The molecule has 2 aliphatic carbocycles. The fourth-order valence-corrected chi connectivity index (χ4v) is 5.13. The van der Waals surface area contributed by atoms with Gasteiger partial charge >= 0.3 is 6.03 Å². The number of urea groups is 1. The summed E-state index contributed by atoms with van der Waals surface area (Å²) in [6.45, 7) is 5.59. The Morgan fingerprint density at radius 2 is 2.07 bits per heavy atom. The molecule has 0 radical (unpaired) electrons. The van der Waals surface area contributed by atoms with Crippen LogP contribution < -0.4 is 16.2 Å². The summed E-state index contributed by atoms with van der Waals surface area (Å²) in [6.07, 6.45) is 6.91. The van der Waals surface area contributed by atoms with Gasteiger partial charge in [0, 0.05) is 17.3 Å². The van der Waals surface area contributed by atoms with Gasteiger partial charge in [0.05, 0.1) is 15.5 Å². The van der Waals surface area contributed by atoms with Crippen LogP contribution in [-0.2, 0) is 18.4 Å². The number of aromatic nitrogens is 1. The number of thiophene rings is 1. The number of hydrogen-bond donors (Lipinski definition) is 4. The van der Waals surface area contributed by atoms with Gasteiger partial charge in [-0.25, -0.2) is 4.79 Å². The second kappa shape index (κ2) is 9.04. The summed E-state index contributed by atoms with van der Waals surface area (Å²) in [5, 5.41) is 19.6. The lowest BCUT2D eigenvalue weighted by atomic mass is 9.80. The maximum atomic E-state index is 11.2. The molecule has 2 aromatic heterocycles. The molecule has 0 spiro atoms. The standard InChI is InChI=1S/C14H19N3O.C7H11NOS2/c1-8-12(9-4-2-5-9)16-11-7-3-6-10(11)13(8)17-14(15)18;1-7(2,9)5-3-6(11-8)10-4-5/h9H,2-7H2,1H3,(H3,15,16,17,18);3-4,9H,8H2,1-2H3. The van der Waals surface area contributed by atoms with Crippen molar-refractivity contribution < 1.29 is 9.90 Å². The number of primary amides is 1. The molecule has 0 bridgehead atoms. The molecular weight excluding hydrogens is 404 g/mol. The Labute approximate surface area is 180 Å². The molecule has 0 atom stereocenters. The van der Waals surface area contributed by atoms with Crippen LogP contribution in [0, 0.1) is 6.92 Å². The molecule has 158 valence electrons. The van der Waals surface area contributed by atoms with Crippen molar-refractivity contribution in [3.05, 3.63) is 39.5 Å². The number of carbonyl (C=O) groups excluding carboxylic acids is 1. The lowest BCUT2D eigenvalue weighted by Gasteiger charge is -2.28. The average Bonchev–Trinajstić information content (AvgIpc) is 3.25. The van der Waals surface area contributed by atoms with Crippen LogP contribution in [0.3, 0.4) is 0 Å². The SMILES string of the molecule is CC(C)(O)c1csc(SN)c1.Cc1c(C2CCC2)nc2c(c1NC(N)=O)CCC2. The zero-order valence-electron chi connectivity index (χ0n) is 17.2. The van der Waals surface area contributed by atoms with Crippen molar-refractivity contribution in [2.45, 2.75) is 75.0 Å². The minimum absolute atomic E-state index is 0.474. The van der Waals surface area contributed by atoms with Gasteiger partial charge in [-0.05, 0) is 93.0 Å². The molecule has 0 saturated heterocycles. The van der Waals surface area contributed by atoms with Crippen molar-refractivity contribution in [3.8, 4) is 0 Å². The van der Waals surface area contributed by atoms with E-state index in [1.165, 1.54) is 48.2 Å². The molecule has 2 amide bonds. The van der Waals surface area contributed by atoms with E-state index in [-0.39, 0.29) is 0 Å². The topological polar surface area (TPSA) is 114 Å². The Morgan fingerprint density at radius 3 is 2.55 bits per heavy atom. The third-order valence-electron chi connectivity index (χ3n) is 5.64. The van der Waals surface area contributed by atoms with Crippen molar-refractivity contribution >= 4 is 35.0 Å². The van der Waals surface area contributed by atoms with Crippen LogP contribution in [0.1, 0.15) is 73.5 Å². The maximum absolute atomic E-state index is 11.2. The van der Waals surface area contributed by atoms with Crippen LogP contribution in [0.5, 0.6) is 0 Å². The molecule has 1 fully saturated rings. The number of aliphatic hydroxyl groups is 1. The van der Waals surface area contributed by atoms with Crippen molar-refractivity contribution in [1.82, 2.24) is 4.98 Å². The number of rotatable bonds is 4. The number of amides is 2. The van der Waals surface area contributed by atoms with Gasteiger partial charge in [-0.15, -0.1) is 11.3 Å². The number of nitrogens with zero attached hydrogens (tertiary/aromatic N) is 1. The molecule has 1 saturated carbocycles. The van der Waals surface area contributed by atoms with E-state index < -0.39 is 11.6 Å². The first-order valence-electron chi connectivity index (χ1n) is 9.97. The molecular formula is C21H30N4O2S2. The second-order valence-corrected chi connectivity index (χ2v) is 10.1. The quantitative estimate of drug-likeness (QED) is 0.526. The van der Waals surface area contributed by atoms with Gasteiger partial charge in [0.25, 0.3) is 0 Å². The van der Waals surface area contributed by atoms with Crippen LogP contribution in [0.4, 0.5) is 10.5 Å². The fraction of sp³-hybridized carbons (Fsp3) is 0.524. The summed E-state index contributed by atoms with van der Waals surface area (Å²) in [5.74, 6) is 0.587. The molecule has 29 heavy (non-hydrogen) atoms. The van der Waals surface area contributed by atoms with E-state index in [0.29, 0.717) is 5.92 Å². The first-order chi connectivity index (χ1) is 13.7. The predicted molar refractivity (Wildman–Crippen MR) is 120 cm³/mol. The molecule has 4 rings (SSSR count). The number of anilines is 1. The highest BCUT2D eigenvalue weighted by Gasteiger charge is 2.28. The summed E-state index contributed by atoms with van der Waals surface area (Å²) in [7, 11) is 0. The number of pyridine rings is 1. The number of nitrogens with one attached hydrogen (secondary N) is 1. The normalized spacial score (nSPS) is 15.9. The van der Waals surface area contributed by atoms with Crippen molar-refractivity contribution in [2.24, 2.45) is 10.9 Å². The summed E-state index contributed by atoms with van der Waals surface area (Å²) < 4.78 is 1.03. The van der Waals surface area contributed by atoms with E-state index >= 15 is 0 Å². The summed E-state index contributed by atoms with van der Waals surface area (Å²) in [4.78, 5) is 16.0. The minimum atomic E-state index is -0.746. The Hall–Kier alpha value is -1.61. The maximum Gasteiger partial charge on any atom is 0.316 e. The Balaban J connectivity index is 0.000000188. The van der Waals surface area contributed by atoms with Crippen LogP contribution >= 0.6 is 23.3 Å². The zero-order valence-corrected chi connectivity index (χ0v) is 18.9. The highest BCUT2D eigenvalue weighted by molar-refractivity contribution is 7.99. The molecule has 0 aromatic carbocycles. The molecule has 6 N–H and O–H groups in total. The number of nitrogens with two attached hydrogens (primary N) is 2. The fourth-order valence-electron chi connectivity index (χ4n) is 3.77. The molecule has 0 unspecified atom stereocenters. The van der Waals surface area contributed by atoms with Gasteiger partial charge in [-0.1, -0.05) is 6.42 Å². The number of aryl methyl sites for hydroxylation is 1. The first kappa shape index (κ1) is 22.1. The molecule has 2 heterocycles. The van der Waals surface area contributed by atoms with E-state index in [0.717, 1.165) is 40.3 Å². The smallest absolute Gasteiger partial charge is 0.316 e. The first-order valence-corrected chi connectivity index (χ1v) is 11.7. The van der Waals surface area contributed by atoms with Crippen LogP contribution in [0.25, 0.3) is 0 Å². The summed E-state index contributed by atoms with van der Waals surface area (Å²) >= 11 is 2.77. The average molecular weight is 435 g/mol. The van der Waals surface area contributed by atoms with Gasteiger partial charge in [0.15, 0.2) is 0 Å². The van der Waals surface area contributed by atoms with E-state index in [4.69, 9.17) is 15.9 Å². The van der Waals surface area contributed by atoms with Crippen molar-refractivity contribution in [3.63, 3.8) is 0 Å². The van der Waals surface area contributed by atoms with Gasteiger partial charge in [0.2, 0.25) is 0 Å². The number of carbonyl (C=O) groups is 1. The highest BCUT2D eigenvalue weighted by Crippen LogP contribution is 2.41. The third-order valence-corrected chi connectivity index (χ3v) is 7.29.